The van der Waals surface area contributed by atoms with Crippen LogP contribution in [-0.4, -0.2) is 46.0 Å². The summed E-state index contributed by atoms with van der Waals surface area (Å²) in [5.74, 6) is 0.648. The van der Waals surface area contributed by atoms with E-state index >= 15 is 0 Å². The van der Waals surface area contributed by atoms with E-state index < -0.39 is 10.4 Å². The molecular weight excluding hydrogens is 346 g/mol. The number of aryl methyl sites for hydroxylation is 1. The number of sulfonamides is 1. The summed E-state index contributed by atoms with van der Waals surface area (Å²) in [5, 5.41) is 3.14. The van der Waals surface area contributed by atoms with Gasteiger partial charge < -0.3 is 9.29 Å². The summed E-state index contributed by atoms with van der Waals surface area (Å²) in [5.41, 5.74) is 2.06. The van der Waals surface area contributed by atoms with Gasteiger partial charge in [-0.1, -0.05) is 4.21 Å². The lowest BCUT2D eigenvalue weighted by molar-refractivity contribution is 0.218. The number of fused-ring (bicyclic) bond motifs is 1. The van der Waals surface area contributed by atoms with Crippen molar-refractivity contribution in [3.8, 4) is 5.75 Å². The zero-order valence-electron chi connectivity index (χ0n) is 14.0. The summed E-state index contributed by atoms with van der Waals surface area (Å²) in [7, 11) is -0.396. The molecule has 0 aliphatic carbocycles. The maximum absolute atomic E-state index is 12.3. The van der Waals surface area contributed by atoms with Crippen LogP contribution in [0.5, 0.6) is 5.75 Å². The number of aromatic nitrogens is 1. The molecule has 1 aliphatic heterocycles. The fraction of sp³-hybridized carbons (Fsp3) is 0.438. The van der Waals surface area contributed by atoms with Crippen molar-refractivity contribution >= 4 is 21.7 Å². The van der Waals surface area contributed by atoms with Gasteiger partial charge in [-0.25, -0.2) is 4.98 Å². The minimum absolute atomic E-state index is 0.259. The molecule has 1 aromatic heterocycles. The van der Waals surface area contributed by atoms with Crippen molar-refractivity contribution in [1.29, 1.82) is 0 Å². The minimum atomic E-state index is -3.45. The average Bonchev–Trinajstić information content (AvgIpc) is 2.82. The van der Waals surface area contributed by atoms with Gasteiger partial charge in [0.15, 0.2) is 15.3 Å². The number of rotatable bonds is 4. The summed E-state index contributed by atoms with van der Waals surface area (Å²) in [6, 6.07) is 5.12. The zero-order valence-corrected chi connectivity index (χ0v) is 15.7. The monoisotopic (exact) mass is 367 g/mol. The molecule has 2 heterocycles. The van der Waals surface area contributed by atoms with Gasteiger partial charge in [0.1, 0.15) is 12.4 Å². The van der Waals surface area contributed by atoms with E-state index in [0.29, 0.717) is 18.9 Å². The van der Waals surface area contributed by atoms with Crippen LogP contribution in [0.1, 0.15) is 16.3 Å². The van der Waals surface area contributed by atoms with Crippen LogP contribution in [-0.2, 0) is 27.7 Å². The van der Waals surface area contributed by atoms with Gasteiger partial charge in [0.25, 0.3) is 0 Å². The zero-order chi connectivity index (χ0) is 17.3. The first-order valence-electron chi connectivity index (χ1n) is 7.68. The largest absolute Gasteiger partial charge is 0.593 e. The summed E-state index contributed by atoms with van der Waals surface area (Å²) < 4.78 is 31.5. The number of thiazole rings is 1. The Morgan fingerprint density at radius 1 is 1.46 bits per heavy atom. The lowest BCUT2D eigenvalue weighted by Gasteiger charge is -2.21. The molecule has 1 unspecified atom stereocenters. The molecule has 24 heavy (non-hydrogen) atoms. The maximum atomic E-state index is 12.3. The normalized spacial score (nSPS) is 17.9. The van der Waals surface area contributed by atoms with Crippen LogP contribution in [0.3, 0.4) is 0 Å². The predicted molar refractivity (Wildman–Crippen MR) is 93.7 cm³/mol. The lowest BCUT2D eigenvalue weighted by Crippen LogP contribution is -2.29. The fourth-order valence-corrected chi connectivity index (χ4v) is 4.14. The van der Waals surface area contributed by atoms with Gasteiger partial charge in [-0.15, -0.1) is 15.6 Å². The molecule has 0 bridgehead atoms. The van der Waals surface area contributed by atoms with E-state index in [4.69, 9.17) is 4.74 Å². The Kier molecular flexibility index (Phi) is 5.03. The van der Waals surface area contributed by atoms with E-state index in [1.165, 1.54) is 18.4 Å². The average molecular weight is 367 g/mol. The Balaban J connectivity index is 1.80. The van der Waals surface area contributed by atoms with Crippen LogP contribution in [0.15, 0.2) is 28.5 Å². The fourth-order valence-electron chi connectivity index (χ4n) is 2.62. The predicted octanol–water partition coefficient (Wildman–Crippen LogP) is 2.31. The molecule has 0 amide bonds. The Morgan fingerprint density at radius 3 is 2.92 bits per heavy atom. The Hall–Kier alpha value is -1.32. The first kappa shape index (κ1) is 17.5. The molecule has 1 atom stereocenters. The van der Waals surface area contributed by atoms with Crippen molar-refractivity contribution in [1.82, 2.24) is 14.2 Å². The highest BCUT2D eigenvalue weighted by atomic mass is 32.3. The van der Waals surface area contributed by atoms with Crippen LogP contribution in [0.25, 0.3) is 0 Å². The number of ether oxygens (including phenoxy) is 1. The topological polar surface area (TPSA) is 68.7 Å². The van der Waals surface area contributed by atoms with Crippen molar-refractivity contribution in [2.24, 2.45) is 0 Å². The van der Waals surface area contributed by atoms with Crippen LogP contribution < -0.4 is 4.74 Å². The molecule has 130 valence electrons. The van der Waals surface area contributed by atoms with Crippen molar-refractivity contribution in [2.45, 2.75) is 24.9 Å². The van der Waals surface area contributed by atoms with Gasteiger partial charge >= 0.3 is 0 Å². The maximum Gasteiger partial charge on any atom is 0.179 e. The Morgan fingerprint density at radius 2 is 2.25 bits per heavy atom. The van der Waals surface area contributed by atoms with E-state index in [9.17, 15) is 8.76 Å². The van der Waals surface area contributed by atoms with Gasteiger partial charge in [-0.05, 0) is 19.1 Å². The first-order chi connectivity index (χ1) is 11.4. The smallest absolute Gasteiger partial charge is 0.179 e. The SMILES string of the molecule is Cc1nc(CN2CCOc3cc([S+](=O)([O-])N(C)C)ccc3C2)cs1. The number of nitrogens with zero attached hydrogens (tertiary/aromatic N) is 3. The molecular formula is C16H21N3O3S2. The van der Waals surface area contributed by atoms with Crippen molar-refractivity contribution in [2.75, 3.05) is 27.2 Å². The van der Waals surface area contributed by atoms with Crippen LogP contribution in [0.2, 0.25) is 0 Å². The number of benzene rings is 1. The summed E-state index contributed by atoms with van der Waals surface area (Å²) >= 11 is 1.65. The second-order valence-corrected chi connectivity index (χ2v) is 9.19. The summed E-state index contributed by atoms with van der Waals surface area (Å²) in [6.07, 6.45) is 0. The Bertz CT molecular complexity index is 776. The van der Waals surface area contributed by atoms with Crippen LogP contribution in [0, 0.1) is 6.92 Å². The highest BCUT2D eigenvalue weighted by molar-refractivity contribution is 7.95. The molecule has 0 N–H and O–H groups in total. The molecule has 1 aliphatic rings. The quantitative estimate of drug-likeness (QED) is 0.776. The highest BCUT2D eigenvalue weighted by Gasteiger charge is 2.26. The lowest BCUT2D eigenvalue weighted by atomic mass is 10.2. The van der Waals surface area contributed by atoms with Crippen LogP contribution in [0.4, 0.5) is 0 Å². The molecule has 2 aromatic rings. The first-order valence-corrected chi connectivity index (χ1v) is 10.00. The van der Waals surface area contributed by atoms with E-state index in [0.717, 1.165) is 29.4 Å². The third-order valence-electron chi connectivity index (χ3n) is 3.93. The molecule has 0 saturated heterocycles. The van der Waals surface area contributed by atoms with E-state index in [-0.39, 0.29) is 4.90 Å². The molecule has 0 radical (unpaired) electrons. The van der Waals surface area contributed by atoms with Crippen molar-refractivity contribution in [3.05, 3.63) is 39.8 Å². The second-order valence-electron chi connectivity index (χ2n) is 5.97. The van der Waals surface area contributed by atoms with Gasteiger partial charge in [0.2, 0.25) is 0 Å². The van der Waals surface area contributed by atoms with Gasteiger partial charge in [0.05, 0.1) is 10.7 Å². The summed E-state index contributed by atoms with van der Waals surface area (Å²) in [4.78, 5) is 7.03. The Labute approximate surface area is 147 Å². The third kappa shape index (κ3) is 3.68. The number of hydrogen-bond acceptors (Lipinski definition) is 6. The van der Waals surface area contributed by atoms with Gasteiger partial charge in [-0.2, -0.15) is 0 Å². The van der Waals surface area contributed by atoms with Crippen LogP contribution >= 0.6 is 11.3 Å². The molecule has 3 rings (SSSR count). The van der Waals surface area contributed by atoms with E-state index in [2.05, 4.69) is 15.3 Å². The molecule has 8 heteroatoms. The van der Waals surface area contributed by atoms with Gasteiger partial charge in [0, 0.05) is 50.7 Å². The highest BCUT2D eigenvalue weighted by Crippen LogP contribution is 2.29. The summed E-state index contributed by atoms with van der Waals surface area (Å²) in [6.45, 7) is 4.80. The molecule has 0 saturated carbocycles. The standard InChI is InChI=1S/C16H21N3O3S2/c1-12-17-14(11-23-12)10-19-6-7-22-16-8-15(5-4-13(16)9-19)24(20,21)18(2)3/h4-5,8,11H,6-7,9-10H2,1-3H3. The van der Waals surface area contributed by atoms with Crippen molar-refractivity contribution < 1.29 is 13.5 Å². The second kappa shape index (κ2) is 6.89. The van der Waals surface area contributed by atoms with Gasteiger partial charge in [-0.3, -0.25) is 4.90 Å². The molecule has 0 spiro atoms. The van der Waals surface area contributed by atoms with Crippen molar-refractivity contribution in [3.63, 3.8) is 0 Å². The van der Waals surface area contributed by atoms with E-state index in [1.807, 2.05) is 13.0 Å². The van der Waals surface area contributed by atoms with E-state index in [1.54, 1.807) is 23.5 Å². The molecule has 1 aromatic carbocycles. The third-order valence-corrected chi connectivity index (χ3v) is 6.56. The minimum Gasteiger partial charge on any atom is -0.593 e. The molecule has 6 nitrogen and oxygen atoms in total. The molecule has 0 fully saturated rings. The number of hydrogen-bond donors (Lipinski definition) is 0.